The maximum absolute atomic E-state index is 12.6. The molecule has 0 aromatic carbocycles. The molecule has 16 nitrogen and oxygen atoms in total. The Morgan fingerprint density at radius 3 is 2.18 bits per heavy atom. The van der Waals surface area contributed by atoms with E-state index in [1.807, 2.05) is 0 Å². The fraction of sp³-hybridized carbons (Fsp3) is 0.636. The number of aromatic amines is 1. The minimum absolute atomic E-state index is 0.0719. The van der Waals surface area contributed by atoms with Gasteiger partial charge in [0.25, 0.3) is 5.56 Å². The van der Waals surface area contributed by atoms with E-state index in [4.69, 9.17) is 14.5 Å². The highest BCUT2D eigenvalue weighted by Gasteiger charge is 2.55. The number of aliphatic hydroxyl groups excluding tert-OH is 2. The molecule has 2 saturated heterocycles. The largest absolute Gasteiger partial charge is 0.492 e. The Labute approximate surface area is 179 Å². The van der Waals surface area contributed by atoms with Crippen LogP contribution < -0.4 is 11.2 Å². The number of aromatic nitrogens is 2. The molecule has 188 valence electrons. The van der Waals surface area contributed by atoms with Gasteiger partial charge in [-0.15, -0.1) is 0 Å². The molecule has 6 atom stereocenters. The molecule has 5 N–H and O–H groups in total. The van der Waals surface area contributed by atoms with Crippen LogP contribution >= 0.6 is 23.5 Å². The van der Waals surface area contributed by atoms with Crippen LogP contribution in [0.5, 0.6) is 0 Å². The van der Waals surface area contributed by atoms with E-state index < -0.39 is 84.0 Å². The molecule has 1 aromatic heterocycles. The molecule has 0 aliphatic carbocycles. The van der Waals surface area contributed by atoms with Gasteiger partial charge in [-0.25, -0.2) is 18.5 Å². The molecule has 33 heavy (non-hydrogen) atoms. The zero-order chi connectivity index (χ0) is 25.0. The van der Waals surface area contributed by atoms with Crippen molar-refractivity contribution >= 4 is 23.5 Å². The average Bonchev–Trinajstić information content (AvgIpc) is 2.86. The standard InChI is InChI=1S/C11H14F3N2O14P3/c12-11(13,14)3-16-1-4(9(19)15-10(16)20)8-7(18)6(17)5(27-8)2-26-33(25)29-31(21,22)28-32(23,24)30-33/h1,5-8,17-18H,2-3H2,(H,21,22)(H,23,24)(H,15,19,20). The summed E-state index contributed by atoms with van der Waals surface area (Å²) in [5, 5.41) is 20.2. The minimum Gasteiger partial charge on any atom is -0.387 e. The van der Waals surface area contributed by atoms with Gasteiger partial charge in [0.15, 0.2) is 0 Å². The van der Waals surface area contributed by atoms with Gasteiger partial charge in [-0.3, -0.25) is 18.9 Å². The van der Waals surface area contributed by atoms with Crippen LogP contribution in [0.3, 0.4) is 0 Å². The van der Waals surface area contributed by atoms with Crippen LogP contribution in [0.1, 0.15) is 11.7 Å². The zero-order valence-electron chi connectivity index (χ0n) is 15.6. The van der Waals surface area contributed by atoms with Crippen LogP contribution in [-0.4, -0.2) is 60.6 Å². The number of ether oxygens (including phenoxy) is 1. The van der Waals surface area contributed by atoms with Crippen LogP contribution in [-0.2, 0) is 42.4 Å². The van der Waals surface area contributed by atoms with E-state index in [2.05, 4.69) is 17.5 Å². The van der Waals surface area contributed by atoms with Crippen molar-refractivity contribution in [2.45, 2.75) is 37.1 Å². The SMILES string of the molecule is O=c1[nH]c(=O)n(CC(F)(F)F)cc1C1OC(COP2(=O)OP(=O)(O)OP(=O)(O)O2)C(O)C1O. The van der Waals surface area contributed by atoms with Gasteiger partial charge in [-0.2, -0.15) is 26.1 Å². The molecule has 3 rings (SSSR count). The molecule has 0 amide bonds. The van der Waals surface area contributed by atoms with E-state index in [1.165, 1.54) is 0 Å². The number of halogens is 3. The summed E-state index contributed by atoms with van der Waals surface area (Å²) in [6, 6.07) is 0. The topological polar surface area (TPSA) is 233 Å². The molecular formula is C11H14F3N2O14P3. The first kappa shape index (κ1) is 26.4. The molecule has 2 aliphatic heterocycles. The molecule has 3 heterocycles. The van der Waals surface area contributed by atoms with Gasteiger partial charge in [-0.05, 0) is 0 Å². The number of hydrogen-bond acceptors (Lipinski definition) is 12. The predicted octanol–water partition coefficient (Wildman–Crippen LogP) is -0.351. The minimum atomic E-state index is -5.36. The van der Waals surface area contributed by atoms with Gasteiger partial charge < -0.3 is 24.7 Å². The zero-order valence-corrected chi connectivity index (χ0v) is 18.3. The Morgan fingerprint density at radius 2 is 1.64 bits per heavy atom. The van der Waals surface area contributed by atoms with Crippen LogP contribution in [0.2, 0.25) is 0 Å². The second-order valence-electron chi connectivity index (χ2n) is 6.59. The molecule has 0 bridgehead atoms. The molecule has 2 fully saturated rings. The van der Waals surface area contributed by atoms with Crippen LogP contribution in [0.15, 0.2) is 15.8 Å². The maximum Gasteiger partial charge on any atom is 0.492 e. The summed E-state index contributed by atoms with van der Waals surface area (Å²) in [6.07, 6.45) is -11.9. The molecule has 0 saturated carbocycles. The highest BCUT2D eigenvalue weighted by molar-refractivity contribution is 7.74. The Hall–Kier alpha value is -1.20. The number of alkyl halides is 3. The summed E-state index contributed by atoms with van der Waals surface area (Å²) in [6.45, 7) is -2.90. The first-order valence-corrected chi connectivity index (χ1v) is 12.8. The fourth-order valence-electron chi connectivity index (χ4n) is 2.82. The Bertz CT molecular complexity index is 1150. The van der Waals surface area contributed by atoms with Crippen molar-refractivity contribution in [2.75, 3.05) is 6.61 Å². The molecule has 22 heteroatoms. The number of nitrogens with zero attached hydrogens (tertiary/aromatic N) is 1. The second-order valence-corrected chi connectivity index (χ2v) is 11.6. The van der Waals surface area contributed by atoms with E-state index in [-0.39, 0.29) is 4.57 Å². The fourth-order valence-corrected chi connectivity index (χ4v) is 7.76. The van der Waals surface area contributed by atoms with Crippen molar-refractivity contribution in [2.24, 2.45) is 0 Å². The lowest BCUT2D eigenvalue weighted by Crippen LogP contribution is -2.38. The Morgan fingerprint density at radius 1 is 1.06 bits per heavy atom. The van der Waals surface area contributed by atoms with Gasteiger partial charge in [0.1, 0.15) is 31.0 Å². The number of phosphoric acid groups is 3. The molecule has 2 aliphatic rings. The lowest BCUT2D eigenvalue weighted by Gasteiger charge is -2.27. The summed E-state index contributed by atoms with van der Waals surface area (Å²) < 4.78 is 94.3. The van der Waals surface area contributed by atoms with Crippen molar-refractivity contribution in [3.63, 3.8) is 0 Å². The molecule has 1 aromatic rings. The van der Waals surface area contributed by atoms with Crippen LogP contribution in [0.25, 0.3) is 0 Å². The van der Waals surface area contributed by atoms with Gasteiger partial charge >= 0.3 is 35.3 Å². The molecule has 6 unspecified atom stereocenters. The van der Waals surface area contributed by atoms with Crippen molar-refractivity contribution in [3.05, 3.63) is 32.6 Å². The summed E-state index contributed by atoms with van der Waals surface area (Å²) >= 11 is 0. The van der Waals surface area contributed by atoms with Gasteiger partial charge in [-0.1, -0.05) is 0 Å². The smallest absolute Gasteiger partial charge is 0.387 e. The molecule has 0 radical (unpaired) electrons. The molecular weight excluding hydrogens is 534 g/mol. The van der Waals surface area contributed by atoms with E-state index in [9.17, 15) is 46.7 Å². The first-order chi connectivity index (χ1) is 14.9. The number of nitrogens with one attached hydrogen (secondary N) is 1. The van der Waals surface area contributed by atoms with E-state index in [0.717, 1.165) is 0 Å². The number of rotatable bonds is 5. The lowest BCUT2D eigenvalue weighted by molar-refractivity contribution is -0.141. The van der Waals surface area contributed by atoms with Crippen LogP contribution in [0.4, 0.5) is 13.2 Å². The van der Waals surface area contributed by atoms with Gasteiger partial charge in [0, 0.05) is 6.20 Å². The third-order valence-corrected chi connectivity index (χ3v) is 9.43. The van der Waals surface area contributed by atoms with Crippen LogP contribution in [0, 0.1) is 0 Å². The lowest BCUT2D eigenvalue weighted by atomic mass is 10.0. The van der Waals surface area contributed by atoms with Crippen molar-refractivity contribution < 1.29 is 69.1 Å². The van der Waals surface area contributed by atoms with E-state index in [0.29, 0.717) is 6.20 Å². The van der Waals surface area contributed by atoms with Crippen molar-refractivity contribution in [1.29, 1.82) is 0 Å². The second kappa shape index (κ2) is 8.78. The highest BCUT2D eigenvalue weighted by atomic mass is 31.3. The van der Waals surface area contributed by atoms with Crippen molar-refractivity contribution in [3.8, 4) is 0 Å². The quantitative estimate of drug-likeness (QED) is 0.296. The van der Waals surface area contributed by atoms with Crippen molar-refractivity contribution in [1.82, 2.24) is 9.55 Å². The normalized spacial score (nSPS) is 39.6. The monoisotopic (exact) mass is 548 g/mol. The predicted molar refractivity (Wildman–Crippen MR) is 93.5 cm³/mol. The number of hydrogen-bond donors (Lipinski definition) is 5. The summed E-state index contributed by atoms with van der Waals surface area (Å²) in [4.78, 5) is 43.5. The highest BCUT2D eigenvalue weighted by Crippen LogP contribution is 2.80. The Kier molecular flexibility index (Phi) is 7.03. The molecule has 0 spiro atoms. The number of H-pyrrole nitrogens is 1. The number of aliphatic hydroxyl groups is 2. The van der Waals surface area contributed by atoms with E-state index in [1.54, 1.807) is 4.98 Å². The first-order valence-electron chi connectivity index (χ1n) is 8.36. The van der Waals surface area contributed by atoms with Gasteiger partial charge in [0.05, 0.1) is 12.2 Å². The van der Waals surface area contributed by atoms with Gasteiger partial charge in [0.2, 0.25) is 0 Å². The summed E-state index contributed by atoms with van der Waals surface area (Å²) in [7, 11) is -16.0. The third kappa shape index (κ3) is 6.28. The maximum atomic E-state index is 12.6. The summed E-state index contributed by atoms with van der Waals surface area (Å²) in [5.74, 6) is 0. The third-order valence-electron chi connectivity index (χ3n) is 4.07. The average molecular weight is 548 g/mol. The van der Waals surface area contributed by atoms with E-state index >= 15 is 0 Å². The summed E-state index contributed by atoms with van der Waals surface area (Å²) in [5.41, 5.74) is -3.36. The Balaban J connectivity index is 1.80.